The quantitative estimate of drug-likeness (QED) is 0.685. The zero-order chi connectivity index (χ0) is 16.0. The van der Waals surface area contributed by atoms with Crippen molar-refractivity contribution in [2.45, 2.75) is 26.3 Å². The van der Waals surface area contributed by atoms with Crippen molar-refractivity contribution < 1.29 is 24.0 Å². The molecule has 1 atom stereocenters. The van der Waals surface area contributed by atoms with E-state index in [1.165, 1.54) is 13.0 Å². The van der Waals surface area contributed by atoms with Gasteiger partial charge in [0.2, 0.25) is 5.91 Å². The van der Waals surface area contributed by atoms with Gasteiger partial charge in [0.05, 0.1) is 5.75 Å². The molecule has 0 bridgehead atoms. The highest BCUT2D eigenvalue weighted by atomic mass is 32.2. The summed E-state index contributed by atoms with van der Waals surface area (Å²) in [4.78, 5) is 44.8. The Labute approximate surface area is 124 Å². The van der Waals surface area contributed by atoms with E-state index in [4.69, 9.17) is 9.63 Å². The number of carbonyl (C=O) groups is 3. The van der Waals surface area contributed by atoms with Crippen LogP contribution in [0.25, 0.3) is 0 Å². The molecule has 0 saturated heterocycles. The molecule has 0 aromatic carbocycles. The van der Waals surface area contributed by atoms with Gasteiger partial charge < -0.3 is 14.9 Å². The molecule has 2 N–H and O–H groups in total. The zero-order valence-electron chi connectivity index (χ0n) is 11.6. The number of thioether (sulfide) groups is 1. The van der Waals surface area contributed by atoms with E-state index < -0.39 is 29.4 Å². The maximum atomic E-state index is 11.7. The normalized spacial score (nSPS) is 11.9. The Hall–Kier alpha value is -2.03. The minimum atomic E-state index is -1.13. The third kappa shape index (κ3) is 5.46. The average Bonchev–Trinajstić information content (AvgIpc) is 2.71. The second-order valence-electron chi connectivity index (χ2n) is 4.31. The molecule has 8 nitrogen and oxygen atoms in total. The van der Waals surface area contributed by atoms with Crippen molar-refractivity contribution >= 4 is 29.5 Å². The molecule has 1 heterocycles. The maximum absolute atomic E-state index is 11.7. The lowest BCUT2D eigenvalue weighted by atomic mass is 10.2. The third-order valence-electron chi connectivity index (χ3n) is 2.44. The number of nitrogens with zero attached hydrogens (tertiary/aromatic N) is 1. The van der Waals surface area contributed by atoms with Gasteiger partial charge in [-0.3, -0.25) is 14.4 Å². The fourth-order valence-electron chi connectivity index (χ4n) is 1.54. The van der Waals surface area contributed by atoms with Gasteiger partial charge in [-0.05, 0) is 19.1 Å². The Morgan fingerprint density at radius 3 is 2.62 bits per heavy atom. The van der Waals surface area contributed by atoms with Gasteiger partial charge in [0, 0.05) is 13.0 Å². The van der Waals surface area contributed by atoms with E-state index in [0.29, 0.717) is 16.3 Å². The van der Waals surface area contributed by atoms with E-state index in [-0.39, 0.29) is 12.2 Å². The Morgan fingerprint density at radius 2 is 2.14 bits per heavy atom. The van der Waals surface area contributed by atoms with E-state index in [9.17, 15) is 19.2 Å². The van der Waals surface area contributed by atoms with Crippen molar-refractivity contribution in [2.24, 2.45) is 0 Å². The number of nitrogens with one attached hydrogen (secondary N) is 1. The first kappa shape index (κ1) is 17.0. The predicted molar refractivity (Wildman–Crippen MR) is 75.5 cm³/mol. The first-order chi connectivity index (χ1) is 9.81. The van der Waals surface area contributed by atoms with E-state index in [0.717, 1.165) is 11.8 Å². The van der Waals surface area contributed by atoms with Crippen molar-refractivity contribution in [3.8, 4) is 0 Å². The molecule has 1 rings (SSSR count). The minimum absolute atomic E-state index is 0.0146. The SMILES string of the molecule is CC(=O)NC(CCSCC(=O)n1oc(C)cc1=O)C(=O)O. The second-order valence-corrected chi connectivity index (χ2v) is 5.41. The van der Waals surface area contributed by atoms with Crippen LogP contribution in [0.4, 0.5) is 0 Å². The highest BCUT2D eigenvalue weighted by molar-refractivity contribution is 7.99. The van der Waals surface area contributed by atoms with Crippen molar-refractivity contribution in [1.82, 2.24) is 10.1 Å². The zero-order valence-corrected chi connectivity index (χ0v) is 12.4. The van der Waals surface area contributed by atoms with Crippen LogP contribution in [-0.2, 0) is 9.59 Å². The number of amides is 1. The highest BCUT2D eigenvalue weighted by Crippen LogP contribution is 2.07. The van der Waals surface area contributed by atoms with Crippen molar-refractivity contribution in [1.29, 1.82) is 0 Å². The summed E-state index contributed by atoms with van der Waals surface area (Å²) in [6.07, 6.45) is 0.180. The summed E-state index contributed by atoms with van der Waals surface area (Å²) >= 11 is 1.16. The fourth-order valence-corrected chi connectivity index (χ4v) is 2.38. The number of carbonyl (C=O) groups excluding carboxylic acids is 2. The molecule has 1 unspecified atom stereocenters. The smallest absolute Gasteiger partial charge is 0.326 e. The predicted octanol–water partition coefficient (Wildman–Crippen LogP) is 0.103. The fraction of sp³-hybridized carbons (Fsp3) is 0.500. The van der Waals surface area contributed by atoms with Crippen LogP contribution in [0.2, 0.25) is 0 Å². The lowest BCUT2D eigenvalue weighted by molar-refractivity contribution is -0.141. The number of aliphatic carboxylic acids is 1. The summed E-state index contributed by atoms with van der Waals surface area (Å²) in [6.45, 7) is 2.79. The summed E-state index contributed by atoms with van der Waals surface area (Å²) in [6, 6.07) is 0.221. The average molecular weight is 316 g/mol. The monoisotopic (exact) mass is 316 g/mol. The third-order valence-corrected chi connectivity index (χ3v) is 3.42. The molecule has 0 fully saturated rings. The van der Waals surface area contributed by atoms with Crippen LogP contribution < -0.4 is 10.9 Å². The number of carboxylic acids is 1. The van der Waals surface area contributed by atoms with Gasteiger partial charge in [-0.25, -0.2) is 4.79 Å². The first-order valence-corrected chi connectivity index (χ1v) is 7.27. The Kier molecular flexibility index (Phi) is 6.22. The summed E-state index contributed by atoms with van der Waals surface area (Å²) < 4.78 is 5.61. The number of rotatable bonds is 7. The van der Waals surface area contributed by atoms with Gasteiger partial charge in [-0.15, -0.1) is 4.74 Å². The van der Waals surface area contributed by atoms with Crippen molar-refractivity contribution in [3.05, 3.63) is 22.2 Å². The van der Waals surface area contributed by atoms with Gasteiger partial charge >= 0.3 is 5.97 Å². The highest BCUT2D eigenvalue weighted by Gasteiger charge is 2.18. The molecule has 116 valence electrons. The summed E-state index contributed by atoms with van der Waals surface area (Å²) in [5, 5.41) is 11.2. The van der Waals surface area contributed by atoms with Gasteiger partial charge in [0.15, 0.2) is 0 Å². The Balaban J connectivity index is 2.41. The van der Waals surface area contributed by atoms with Gasteiger partial charge in [0.25, 0.3) is 11.5 Å². The summed E-state index contributed by atoms with van der Waals surface area (Å²) in [5.74, 6) is -1.40. The lowest BCUT2D eigenvalue weighted by Crippen LogP contribution is -2.40. The molecule has 1 aromatic rings. The number of aryl methyl sites for hydroxylation is 1. The van der Waals surface area contributed by atoms with Crippen LogP contribution in [0.1, 0.15) is 23.9 Å². The van der Waals surface area contributed by atoms with Crippen LogP contribution in [0.15, 0.2) is 15.4 Å². The van der Waals surface area contributed by atoms with Gasteiger partial charge in [-0.1, -0.05) is 0 Å². The van der Waals surface area contributed by atoms with Crippen LogP contribution in [0, 0.1) is 6.92 Å². The molecule has 0 aliphatic carbocycles. The molecule has 1 amide bonds. The molecular weight excluding hydrogens is 300 g/mol. The van der Waals surface area contributed by atoms with Crippen LogP contribution in [-0.4, -0.2) is 45.2 Å². The van der Waals surface area contributed by atoms with Gasteiger partial charge in [-0.2, -0.15) is 11.8 Å². The number of carboxylic acid groups (broad SMARTS) is 1. The van der Waals surface area contributed by atoms with Gasteiger partial charge in [0.1, 0.15) is 11.8 Å². The van der Waals surface area contributed by atoms with E-state index in [1.807, 2.05) is 0 Å². The van der Waals surface area contributed by atoms with E-state index >= 15 is 0 Å². The van der Waals surface area contributed by atoms with Crippen LogP contribution in [0.5, 0.6) is 0 Å². The molecule has 21 heavy (non-hydrogen) atoms. The minimum Gasteiger partial charge on any atom is -0.480 e. The molecule has 9 heteroatoms. The second kappa shape index (κ2) is 7.67. The number of aromatic nitrogens is 1. The van der Waals surface area contributed by atoms with Crippen LogP contribution >= 0.6 is 11.8 Å². The molecule has 0 saturated carbocycles. The Bertz CT molecular complexity index is 591. The van der Waals surface area contributed by atoms with E-state index in [2.05, 4.69) is 5.32 Å². The van der Waals surface area contributed by atoms with Crippen molar-refractivity contribution in [2.75, 3.05) is 11.5 Å². The molecular formula is C12H16N2O6S. The molecule has 0 radical (unpaired) electrons. The standard InChI is InChI=1S/C12H16N2O6S/c1-7-5-10(16)14(20-7)11(17)6-21-4-3-9(12(18)19)13-8(2)15/h5,9H,3-4,6H2,1-2H3,(H,13,15)(H,18,19). The first-order valence-electron chi connectivity index (χ1n) is 6.12. The lowest BCUT2D eigenvalue weighted by Gasteiger charge is -2.12. The maximum Gasteiger partial charge on any atom is 0.326 e. The summed E-state index contributed by atoms with van der Waals surface area (Å²) in [5.41, 5.74) is -0.528. The number of hydrogen-bond acceptors (Lipinski definition) is 6. The van der Waals surface area contributed by atoms with Crippen molar-refractivity contribution in [3.63, 3.8) is 0 Å². The Morgan fingerprint density at radius 1 is 1.48 bits per heavy atom. The van der Waals surface area contributed by atoms with Crippen LogP contribution in [0.3, 0.4) is 0 Å². The molecule has 1 aromatic heterocycles. The largest absolute Gasteiger partial charge is 0.480 e. The summed E-state index contributed by atoms with van der Waals surface area (Å²) in [7, 11) is 0. The topological polar surface area (TPSA) is 119 Å². The molecule has 0 spiro atoms. The molecule has 0 aliphatic rings. The molecule has 0 aliphatic heterocycles. The van der Waals surface area contributed by atoms with E-state index in [1.54, 1.807) is 6.92 Å². The number of hydrogen-bond donors (Lipinski definition) is 2.